The highest BCUT2D eigenvalue weighted by molar-refractivity contribution is 14.1. The van der Waals surface area contributed by atoms with Crippen LogP contribution in [0.2, 0.25) is 0 Å². The van der Waals surface area contributed by atoms with Crippen molar-refractivity contribution in [2.75, 3.05) is 4.43 Å². The Morgan fingerprint density at radius 3 is 2.88 bits per heavy atom. The van der Waals surface area contributed by atoms with Crippen LogP contribution in [0, 0.1) is 0 Å². The van der Waals surface area contributed by atoms with Crippen LogP contribution in [-0.4, -0.2) is 27.9 Å². The van der Waals surface area contributed by atoms with Gasteiger partial charge in [-0.1, -0.05) is 35.9 Å². The van der Waals surface area contributed by atoms with Gasteiger partial charge in [0.05, 0.1) is 0 Å². The van der Waals surface area contributed by atoms with E-state index in [-0.39, 0.29) is 18.0 Å². The van der Waals surface area contributed by atoms with E-state index in [2.05, 4.69) is 27.9 Å². The highest BCUT2D eigenvalue weighted by atomic mass is 127. The molecule has 0 unspecified atom stereocenters. The third-order valence-corrected chi connectivity index (χ3v) is 3.69. The Morgan fingerprint density at radius 1 is 1.69 bits per heavy atom. The molecule has 0 aliphatic carbocycles. The van der Waals surface area contributed by atoms with Crippen LogP contribution in [0.3, 0.4) is 0 Å². The zero-order valence-corrected chi connectivity index (χ0v) is 11.9. The maximum absolute atomic E-state index is 11.6. The monoisotopic (exact) mass is 339 g/mol. The predicted octanol–water partition coefficient (Wildman–Crippen LogP) is 1.80. The van der Waals surface area contributed by atoms with Gasteiger partial charge in [0.15, 0.2) is 0 Å². The molecule has 1 heterocycles. The standard InChI is InChI=1S/C11H18INO3/c1-3-4-5-9(14)13-11(2)6-8(7-12)16-10(11)15/h8H,3-7H2,1-2H3,(H,13,14)/t8-,11-/m0/s1. The van der Waals surface area contributed by atoms with Crippen molar-refractivity contribution >= 4 is 34.5 Å². The lowest BCUT2D eigenvalue weighted by atomic mass is 9.98. The van der Waals surface area contributed by atoms with E-state index in [1.807, 2.05) is 6.92 Å². The summed E-state index contributed by atoms with van der Waals surface area (Å²) in [5.74, 6) is -0.366. The first kappa shape index (κ1) is 13.7. The number of amides is 1. The van der Waals surface area contributed by atoms with Gasteiger partial charge < -0.3 is 10.1 Å². The van der Waals surface area contributed by atoms with Crippen molar-refractivity contribution in [1.82, 2.24) is 5.32 Å². The average molecular weight is 339 g/mol. The molecule has 1 aliphatic rings. The second kappa shape index (κ2) is 5.84. The summed E-state index contributed by atoms with van der Waals surface area (Å²) < 4.78 is 5.94. The molecule has 2 atom stereocenters. The molecule has 16 heavy (non-hydrogen) atoms. The number of unbranched alkanes of at least 4 members (excludes halogenated alkanes) is 1. The van der Waals surface area contributed by atoms with Crippen LogP contribution < -0.4 is 5.32 Å². The molecule has 0 aromatic heterocycles. The van der Waals surface area contributed by atoms with Crippen molar-refractivity contribution in [1.29, 1.82) is 0 Å². The Bertz CT molecular complexity index is 282. The fourth-order valence-corrected chi connectivity index (χ4v) is 2.25. The number of halogens is 1. The molecule has 1 rings (SSSR count). The quantitative estimate of drug-likeness (QED) is 0.472. The van der Waals surface area contributed by atoms with Crippen molar-refractivity contribution < 1.29 is 14.3 Å². The Labute approximate surface area is 110 Å². The van der Waals surface area contributed by atoms with Gasteiger partial charge in [-0.2, -0.15) is 0 Å². The molecule has 1 aliphatic heterocycles. The van der Waals surface area contributed by atoms with E-state index >= 15 is 0 Å². The van der Waals surface area contributed by atoms with Gasteiger partial charge in [-0.05, 0) is 13.3 Å². The van der Waals surface area contributed by atoms with E-state index in [0.717, 1.165) is 17.3 Å². The van der Waals surface area contributed by atoms with Gasteiger partial charge in [0.2, 0.25) is 5.91 Å². The van der Waals surface area contributed by atoms with Crippen LogP contribution >= 0.6 is 22.6 Å². The molecule has 0 bridgehead atoms. The number of esters is 1. The Hall–Kier alpha value is -0.330. The summed E-state index contributed by atoms with van der Waals surface area (Å²) in [6.07, 6.45) is 2.82. The van der Waals surface area contributed by atoms with E-state index < -0.39 is 5.54 Å². The Morgan fingerprint density at radius 2 is 2.38 bits per heavy atom. The summed E-state index contributed by atoms with van der Waals surface area (Å²) in [5.41, 5.74) is -0.819. The topological polar surface area (TPSA) is 55.4 Å². The summed E-state index contributed by atoms with van der Waals surface area (Å²) in [5, 5.41) is 2.79. The number of alkyl halides is 1. The van der Waals surface area contributed by atoms with Crippen LogP contribution in [0.4, 0.5) is 0 Å². The van der Waals surface area contributed by atoms with Gasteiger partial charge in [-0.25, -0.2) is 4.79 Å². The van der Waals surface area contributed by atoms with Crippen molar-refractivity contribution in [3.8, 4) is 0 Å². The first-order valence-corrected chi connectivity index (χ1v) is 7.12. The SMILES string of the molecule is CCCCC(=O)N[C@@]1(C)C[C@@H](CI)OC1=O. The maximum Gasteiger partial charge on any atom is 0.332 e. The molecule has 1 fully saturated rings. The lowest BCUT2D eigenvalue weighted by Crippen LogP contribution is -2.49. The van der Waals surface area contributed by atoms with Crippen LogP contribution in [0.25, 0.3) is 0 Å². The summed E-state index contributed by atoms with van der Waals surface area (Å²) in [7, 11) is 0. The average Bonchev–Trinajstić information content (AvgIpc) is 2.51. The van der Waals surface area contributed by atoms with Crippen molar-refractivity contribution in [2.45, 2.75) is 51.2 Å². The smallest absolute Gasteiger partial charge is 0.332 e. The molecule has 1 amide bonds. The number of carbonyl (C=O) groups is 2. The summed E-state index contributed by atoms with van der Waals surface area (Å²) >= 11 is 2.18. The first-order valence-electron chi connectivity index (χ1n) is 5.60. The predicted molar refractivity (Wildman–Crippen MR) is 69.5 cm³/mol. The van der Waals surface area contributed by atoms with Gasteiger partial charge in [0, 0.05) is 17.3 Å². The van der Waals surface area contributed by atoms with Crippen LogP contribution in [-0.2, 0) is 14.3 Å². The second-order valence-corrected chi connectivity index (χ2v) is 5.25. The molecular weight excluding hydrogens is 321 g/mol. The maximum atomic E-state index is 11.6. The van der Waals surface area contributed by atoms with Crippen molar-refractivity contribution in [3.63, 3.8) is 0 Å². The molecule has 92 valence electrons. The number of rotatable bonds is 5. The van der Waals surface area contributed by atoms with Crippen LogP contribution in [0.1, 0.15) is 39.5 Å². The number of carbonyl (C=O) groups excluding carboxylic acids is 2. The Kier molecular flexibility index (Phi) is 5.01. The molecule has 0 aromatic rings. The first-order chi connectivity index (χ1) is 7.51. The lowest BCUT2D eigenvalue weighted by Gasteiger charge is -2.20. The van der Waals surface area contributed by atoms with E-state index in [4.69, 9.17) is 4.74 Å². The number of hydrogen-bond acceptors (Lipinski definition) is 3. The number of nitrogens with one attached hydrogen (secondary N) is 1. The van der Waals surface area contributed by atoms with Gasteiger partial charge >= 0.3 is 5.97 Å². The highest BCUT2D eigenvalue weighted by Gasteiger charge is 2.45. The van der Waals surface area contributed by atoms with E-state index in [1.54, 1.807) is 6.92 Å². The molecule has 0 aromatic carbocycles. The fourth-order valence-electron chi connectivity index (χ4n) is 1.76. The minimum Gasteiger partial charge on any atom is -0.460 e. The minimum atomic E-state index is -0.819. The third kappa shape index (κ3) is 3.33. The molecule has 1 N–H and O–H groups in total. The van der Waals surface area contributed by atoms with E-state index in [1.165, 1.54) is 0 Å². The largest absolute Gasteiger partial charge is 0.460 e. The molecule has 0 spiro atoms. The van der Waals surface area contributed by atoms with E-state index in [0.29, 0.717) is 12.8 Å². The van der Waals surface area contributed by atoms with Crippen LogP contribution in [0.5, 0.6) is 0 Å². The van der Waals surface area contributed by atoms with Gasteiger partial charge in [-0.3, -0.25) is 4.79 Å². The van der Waals surface area contributed by atoms with Crippen molar-refractivity contribution in [2.24, 2.45) is 0 Å². The zero-order valence-electron chi connectivity index (χ0n) is 9.72. The fraction of sp³-hybridized carbons (Fsp3) is 0.818. The molecule has 0 radical (unpaired) electrons. The molecule has 5 heteroatoms. The molecular formula is C11H18INO3. The number of hydrogen-bond donors (Lipinski definition) is 1. The molecule has 0 saturated carbocycles. The number of cyclic esters (lactones) is 1. The lowest BCUT2D eigenvalue weighted by molar-refractivity contribution is -0.147. The summed E-state index contributed by atoms with van der Waals surface area (Å²) in [6, 6.07) is 0. The second-order valence-electron chi connectivity index (χ2n) is 4.37. The summed E-state index contributed by atoms with van der Waals surface area (Å²) in [6.45, 7) is 3.77. The minimum absolute atomic E-state index is 0.0598. The molecule has 4 nitrogen and oxygen atoms in total. The van der Waals surface area contributed by atoms with Crippen molar-refractivity contribution in [3.05, 3.63) is 0 Å². The van der Waals surface area contributed by atoms with Gasteiger partial charge in [0.25, 0.3) is 0 Å². The van der Waals surface area contributed by atoms with Crippen LogP contribution in [0.15, 0.2) is 0 Å². The van der Waals surface area contributed by atoms with Gasteiger partial charge in [0.1, 0.15) is 11.6 Å². The zero-order chi connectivity index (χ0) is 12.2. The third-order valence-electron chi connectivity index (χ3n) is 2.70. The van der Waals surface area contributed by atoms with E-state index in [9.17, 15) is 9.59 Å². The molecule has 1 saturated heterocycles. The summed E-state index contributed by atoms with van der Waals surface area (Å²) in [4.78, 5) is 23.2. The Balaban J connectivity index is 2.51. The highest BCUT2D eigenvalue weighted by Crippen LogP contribution is 2.26. The number of ether oxygens (including phenoxy) is 1. The normalized spacial score (nSPS) is 28.9. The van der Waals surface area contributed by atoms with Gasteiger partial charge in [-0.15, -0.1) is 0 Å².